The lowest BCUT2D eigenvalue weighted by Crippen LogP contribution is -2.13. The van der Waals surface area contributed by atoms with Crippen LogP contribution < -0.4 is 5.73 Å². The molecule has 12 heavy (non-hydrogen) atoms. The van der Waals surface area contributed by atoms with Gasteiger partial charge in [-0.05, 0) is 18.1 Å². The van der Waals surface area contributed by atoms with Crippen LogP contribution in [0.5, 0.6) is 0 Å². The van der Waals surface area contributed by atoms with Gasteiger partial charge in [0, 0.05) is 18.0 Å². The van der Waals surface area contributed by atoms with Crippen molar-refractivity contribution in [3.8, 4) is 0 Å². The summed E-state index contributed by atoms with van der Waals surface area (Å²) in [5.41, 5.74) is 7.27. The summed E-state index contributed by atoms with van der Waals surface area (Å²) in [6.45, 7) is 2.09. The van der Waals surface area contributed by atoms with Crippen LogP contribution in [0.15, 0.2) is 18.5 Å². The van der Waals surface area contributed by atoms with Crippen LogP contribution in [0.4, 0.5) is 0 Å². The molecule has 1 rings (SSSR count). The molecule has 3 heteroatoms. The summed E-state index contributed by atoms with van der Waals surface area (Å²) in [5, 5.41) is 7.30. The first kappa shape index (κ1) is 8.71. The molecule has 1 aromatic rings. The number of nitrogens with one attached hydrogen (secondary N) is 1. The Morgan fingerprint density at radius 2 is 2.42 bits per heavy atom. The standard InChI is InChI=1S/C9H13N3/c1-2-3-7-6-12-5-4-8(7)9(10)11/h4-6H,2-3H2,1H3,(H3,10,11). The minimum absolute atomic E-state index is 0.126. The molecule has 0 aliphatic heterocycles. The van der Waals surface area contributed by atoms with Gasteiger partial charge in [0.2, 0.25) is 0 Å². The SMILES string of the molecule is CCCc1cnccc1C(=N)N. The van der Waals surface area contributed by atoms with Gasteiger partial charge in [-0.1, -0.05) is 13.3 Å². The van der Waals surface area contributed by atoms with E-state index in [0.717, 1.165) is 24.0 Å². The van der Waals surface area contributed by atoms with Gasteiger partial charge in [0.1, 0.15) is 5.84 Å². The predicted molar refractivity (Wildman–Crippen MR) is 49.2 cm³/mol. The fraction of sp³-hybridized carbons (Fsp3) is 0.333. The van der Waals surface area contributed by atoms with Crippen LogP contribution in [0.2, 0.25) is 0 Å². The minimum Gasteiger partial charge on any atom is -0.384 e. The Morgan fingerprint density at radius 1 is 1.67 bits per heavy atom. The van der Waals surface area contributed by atoms with E-state index in [4.69, 9.17) is 11.1 Å². The Bertz CT molecular complexity index is 281. The zero-order valence-electron chi connectivity index (χ0n) is 7.17. The van der Waals surface area contributed by atoms with Gasteiger partial charge in [0.05, 0.1) is 0 Å². The van der Waals surface area contributed by atoms with Crippen molar-refractivity contribution in [1.29, 1.82) is 5.41 Å². The van der Waals surface area contributed by atoms with Crippen molar-refractivity contribution >= 4 is 5.84 Å². The molecule has 0 aliphatic carbocycles. The van der Waals surface area contributed by atoms with Crippen molar-refractivity contribution in [2.45, 2.75) is 19.8 Å². The Labute approximate surface area is 72.1 Å². The molecule has 0 atom stereocenters. The first-order chi connectivity index (χ1) is 5.75. The van der Waals surface area contributed by atoms with Crippen molar-refractivity contribution in [3.63, 3.8) is 0 Å². The summed E-state index contributed by atoms with van der Waals surface area (Å²) in [4.78, 5) is 3.99. The highest BCUT2D eigenvalue weighted by Gasteiger charge is 2.02. The van der Waals surface area contributed by atoms with Gasteiger partial charge in [-0.25, -0.2) is 0 Å². The molecule has 1 aromatic heterocycles. The maximum absolute atomic E-state index is 7.30. The highest BCUT2D eigenvalue weighted by molar-refractivity contribution is 5.96. The number of hydrogen-bond donors (Lipinski definition) is 2. The van der Waals surface area contributed by atoms with Crippen LogP contribution in [0.3, 0.4) is 0 Å². The Hall–Kier alpha value is -1.38. The number of nitrogen functional groups attached to an aromatic ring is 1. The van der Waals surface area contributed by atoms with Crippen molar-refractivity contribution in [2.24, 2.45) is 5.73 Å². The van der Waals surface area contributed by atoms with Gasteiger partial charge < -0.3 is 5.73 Å². The quantitative estimate of drug-likeness (QED) is 0.521. The lowest BCUT2D eigenvalue weighted by molar-refractivity contribution is 0.910. The number of hydrogen-bond acceptors (Lipinski definition) is 2. The molecule has 0 amide bonds. The van der Waals surface area contributed by atoms with Crippen molar-refractivity contribution < 1.29 is 0 Å². The molecule has 0 bridgehead atoms. The largest absolute Gasteiger partial charge is 0.384 e. The predicted octanol–water partition coefficient (Wildman–Crippen LogP) is 1.32. The smallest absolute Gasteiger partial charge is 0.123 e. The third-order valence-corrected chi connectivity index (χ3v) is 1.71. The summed E-state index contributed by atoms with van der Waals surface area (Å²) in [6.07, 6.45) is 5.42. The summed E-state index contributed by atoms with van der Waals surface area (Å²) >= 11 is 0. The molecular formula is C9H13N3. The molecule has 3 nitrogen and oxygen atoms in total. The highest BCUT2D eigenvalue weighted by atomic mass is 14.7. The summed E-state index contributed by atoms with van der Waals surface area (Å²) in [5.74, 6) is 0.126. The number of nitrogens with two attached hydrogens (primary N) is 1. The van der Waals surface area contributed by atoms with E-state index in [9.17, 15) is 0 Å². The average Bonchev–Trinajstić information content (AvgIpc) is 2.05. The van der Waals surface area contributed by atoms with E-state index >= 15 is 0 Å². The molecule has 64 valence electrons. The highest BCUT2D eigenvalue weighted by Crippen LogP contribution is 2.07. The molecular weight excluding hydrogens is 150 g/mol. The maximum Gasteiger partial charge on any atom is 0.123 e. The van der Waals surface area contributed by atoms with E-state index < -0.39 is 0 Å². The molecule has 0 saturated heterocycles. The molecule has 0 radical (unpaired) electrons. The van der Waals surface area contributed by atoms with E-state index in [2.05, 4.69) is 11.9 Å². The van der Waals surface area contributed by atoms with E-state index in [1.165, 1.54) is 0 Å². The number of amidine groups is 1. The second-order valence-corrected chi connectivity index (χ2v) is 2.70. The van der Waals surface area contributed by atoms with Gasteiger partial charge in [0.15, 0.2) is 0 Å². The van der Waals surface area contributed by atoms with Crippen molar-refractivity contribution in [1.82, 2.24) is 4.98 Å². The van der Waals surface area contributed by atoms with Crippen LogP contribution in [0.1, 0.15) is 24.5 Å². The monoisotopic (exact) mass is 163 g/mol. The summed E-state index contributed by atoms with van der Waals surface area (Å²) in [7, 11) is 0. The van der Waals surface area contributed by atoms with Gasteiger partial charge in [-0.2, -0.15) is 0 Å². The topological polar surface area (TPSA) is 62.8 Å². The van der Waals surface area contributed by atoms with Gasteiger partial charge >= 0.3 is 0 Å². The number of nitrogens with zero attached hydrogens (tertiary/aromatic N) is 1. The van der Waals surface area contributed by atoms with Crippen LogP contribution in [0, 0.1) is 5.41 Å². The summed E-state index contributed by atoms with van der Waals surface area (Å²) < 4.78 is 0. The Morgan fingerprint density at radius 3 is 3.00 bits per heavy atom. The van der Waals surface area contributed by atoms with Crippen LogP contribution in [-0.2, 0) is 6.42 Å². The minimum atomic E-state index is 0.126. The first-order valence-corrected chi connectivity index (χ1v) is 4.03. The molecule has 0 unspecified atom stereocenters. The van der Waals surface area contributed by atoms with E-state index in [1.807, 2.05) is 0 Å². The zero-order valence-corrected chi connectivity index (χ0v) is 7.17. The fourth-order valence-corrected chi connectivity index (χ4v) is 1.16. The fourth-order valence-electron chi connectivity index (χ4n) is 1.16. The van der Waals surface area contributed by atoms with E-state index in [1.54, 1.807) is 18.5 Å². The zero-order chi connectivity index (χ0) is 8.97. The molecule has 0 aromatic carbocycles. The molecule has 0 saturated carbocycles. The molecule has 0 fully saturated rings. The van der Waals surface area contributed by atoms with Crippen molar-refractivity contribution in [2.75, 3.05) is 0 Å². The van der Waals surface area contributed by atoms with Crippen LogP contribution >= 0.6 is 0 Å². The first-order valence-electron chi connectivity index (χ1n) is 4.03. The van der Waals surface area contributed by atoms with Gasteiger partial charge in [0.25, 0.3) is 0 Å². The number of rotatable bonds is 3. The lowest BCUT2D eigenvalue weighted by atomic mass is 10.1. The Balaban J connectivity index is 3.00. The second-order valence-electron chi connectivity index (χ2n) is 2.70. The average molecular weight is 163 g/mol. The normalized spacial score (nSPS) is 9.75. The van der Waals surface area contributed by atoms with Crippen LogP contribution in [0.25, 0.3) is 0 Å². The van der Waals surface area contributed by atoms with E-state index in [-0.39, 0.29) is 5.84 Å². The molecule has 3 N–H and O–H groups in total. The second kappa shape index (κ2) is 3.85. The lowest BCUT2D eigenvalue weighted by Gasteiger charge is -2.04. The molecule has 1 heterocycles. The number of pyridine rings is 1. The number of aromatic nitrogens is 1. The van der Waals surface area contributed by atoms with Crippen molar-refractivity contribution in [3.05, 3.63) is 29.6 Å². The Kier molecular flexibility index (Phi) is 2.80. The summed E-state index contributed by atoms with van der Waals surface area (Å²) in [6, 6.07) is 1.79. The maximum atomic E-state index is 7.30. The van der Waals surface area contributed by atoms with Crippen LogP contribution in [-0.4, -0.2) is 10.8 Å². The van der Waals surface area contributed by atoms with Gasteiger partial charge in [-0.3, -0.25) is 10.4 Å². The van der Waals surface area contributed by atoms with Gasteiger partial charge in [-0.15, -0.1) is 0 Å². The third-order valence-electron chi connectivity index (χ3n) is 1.71. The molecule has 0 aliphatic rings. The number of aryl methyl sites for hydroxylation is 1. The third kappa shape index (κ3) is 1.81. The van der Waals surface area contributed by atoms with E-state index in [0.29, 0.717) is 0 Å². The molecule has 0 spiro atoms.